The van der Waals surface area contributed by atoms with Gasteiger partial charge in [-0.1, -0.05) is 23.9 Å². The van der Waals surface area contributed by atoms with E-state index in [1.165, 1.54) is 56.1 Å². The fraction of sp³-hybridized carbons (Fsp3) is 0.550. The summed E-state index contributed by atoms with van der Waals surface area (Å²) in [6.45, 7) is 6.34. The van der Waals surface area contributed by atoms with Crippen molar-refractivity contribution < 1.29 is 4.79 Å². The summed E-state index contributed by atoms with van der Waals surface area (Å²) in [7, 11) is 0. The van der Waals surface area contributed by atoms with Crippen molar-refractivity contribution in [2.75, 3.05) is 24.2 Å². The third-order valence-corrected chi connectivity index (χ3v) is 6.15. The van der Waals surface area contributed by atoms with Gasteiger partial charge in [0.25, 0.3) is 0 Å². The minimum Gasteiger partial charge on any atom is -0.325 e. The topological polar surface area (TPSA) is 63.1 Å². The summed E-state index contributed by atoms with van der Waals surface area (Å²) in [4.78, 5) is 14.8. The number of nitrogens with zero attached hydrogens (tertiary/aromatic N) is 4. The first kappa shape index (κ1) is 18.5. The van der Waals surface area contributed by atoms with E-state index in [4.69, 9.17) is 0 Å². The van der Waals surface area contributed by atoms with Gasteiger partial charge in [0.05, 0.1) is 5.75 Å². The lowest BCUT2D eigenvalue weighted by atomic mass is 10.2. The van der Waals surface area contributed by atoms with Crippen LogP contribution in [0, 0.1) is 0 Å². The second-order valence-electron chi connectivity index (χ2n) is 7.38. The summed E-state index contributed by atoms with van der Waals surface area (Å²) in [6, 6.07) is 8.20. The van der Waals surface area contributed by atoms with Crippen LogP contribution < -0.4 is 5.32 Å². The molecule has 144 valence electrons. The van der Waals surface area contributed by atoms with E-state index in [2.05, 4.69) is 44.0 Å². The number of hydrogen-bond acceptors (Lipinski definition) is 5. The zero-order valence-corrected chi connectivity index (χ0v) is 16.7. The number of benzene rings is 1. The van der Waals surface area contributed by atoms with Crippen molar-refractivity contribution in [2.24, 2.45) is 0 Å². The van der Waals surface area contributed by atoms with Crippen molar-refractivity contribution in [3.05, 3.63) is 35.7 Å². The van der Waals surface area contributed by atoms with Crippen LogP contribution >= 0.6 is 11.8 Å². The molecule has 1 aromatic heterocycles. The number of carbonyl (C=O) groups is 1. The smallest absolute Gasteiger partial charge is 0.234 e. The summed E-state index contributed by atoms with van der Waals surface area (Å²) in [5.74, 6) is 1.98. The van der Waals surface area contributed by atoms with Crippen molar-refractivity contribution >= 4 is 23.4 Å². The third kappa shape index (κ3) is 4.71. The molecule has 1 N–H and O–H groups in total. The minimum atomic E-state index is -0.00841. The van der Waals surface area contributed by atoms with Crippen molar-refractivity contribution in [1.29, 1.82) is 0 Å². The van der Waals surface area contributed by atoms with E-state index in [-0.39, 0.29) is 5.91 Å². The van der Waals surface area contributed by atoms with Crippen molar-refractivity contribution in [3.63, 3.8) is 0 Å². The molecule has 0 bridgehead atoms. The molecule has 7 heteroatoms. The van der Waals surface area contributed by atoms with Gasteiger partial charge in [0.2, 0.25) is 5.91 Å². The van der Waals surface area contributed by atoms with Gasteiger partial charge in [-0.25, -0.2) is 0 Å². The Morgan fingerprint density at radius 3 is 2.59 bits per heavy atom. The van der Waals surface area contributed by atoms with E-state index in [1.54, 1.807) is 0 Å². The Morgan fingerprint density at radius 1 is 1.19 bits per heavy atom. The lowest BCUT2D eigenvalue weighted by molar-refractivity contribution is -0.113. The fourth-order valence-electron chi connectivity index (χ4n) is 3.57. The van der Waals surface area contributed by atoms with Crippen LogP contribution in [0.4, 0.5) is 5.69 Å². The number of amides is 1. The van der Waals surface area contributed by atoms with Gasteiger partial charge in [0, 0.05) is 24.7 Å². The van der Waals surface area contributed by atoms with Crippen LogP contribution in [0.1, 0.15) is 49.9 Å². The Morgan fingerprint density at radius 2 is 1.93 bits per heavy atom. The van der Waals surface area contributed by atoms with Crippen LogP contribution in [0.25, 0.3) is 0 Å². The molecule has 1 aliphatic heterocycles. The summed E-state index contributed by atoms with van der Waals surface area (Å²) in [6.07, 6.45) is 5.02. The van der Waals surface area contributed by atoms with Crippen LogP contribution in [0.2, 0.25) is 0 Å². The molecule has 2 aliphatic rings. The van der Waals surface area contributed by atoms with E-state index in [9.17, 15) is 4.79 Å². The quantitative estimate of drug-likeness (QED) is 0.705. The Bertz CT molecular complexity index is 778. The first-order valence-corrected chi connectivity index (χ1v) is 10.9. The number of anilines is 1. The highest BCUT2D eigenvalue weighted by atomic mass is 32.2. The highest BCUT2D eigenvalue weighted by Crippen LogP contribution is 2.39. The predicted octanol–water partition coefficient (Wildman–Crippen LogP) is 3.50. The number of nitrogens with one attached hydrogen (secondary N) is 1. The number of carbonyl (C=O) groups excluding carboxylic acids is 1. The molecule has 0 atom stereocenters. The van der Waals surface area contributed by atoms with Crippen molar-refractivity contribution in [1.82, 2.24) is 19.7 Å². The lowest BCUT2D eigenvalue weighted by Crippen LogP contribution is -2.18. The van der Waals surface area contributed by atoms with Gasteiger partial charge in [0.15, 0.2) is 5.16 Å². The normalized spacial score (nSPS) is 17.4. The molecule has 1 saturated heterocycles. The monoisotopic (exact) mass is 385 g/mol. The highest BCUT2D eigenvalue weighted by Gasteiger charge is 2.30. The molecule has 0 radical (unpaired) electrons. The standard InChI is InChI=1S/C20H27N5OS/c1-2-25-19(16-7-8-16)22-23-20(25)27-14-18(26)21-17-9-5-15(6-10-17)13-24-11-3-4-12-24/h5-6,9-10,16H,2-4,7-8,11-14H2,1H3,(H,21,26). The Hall–Kier alpha value is -1.86. The number of thioether (sulfide) groups is 1. The molecule has 1 amide bonds. The van der Waals surface area contributed by atoms with Crippen molar-refractivity contribution in [2.45, 2.75) is 56.8 Å². The third-order valence-electron chi connectivity index (χ3n) is 5.18. The number of hydrogen-bond donors (Lipinski definition) is 1. The maximum atomic E-state index is 12.3. The molecule has 1 saturated carbocycles. The van der Waals surface area contributed by atoms with E-state index >= 15 is 0 Å². The van der Waals surface area contributed by atoms with Gasteiger partial charge in [-0.05, 0) is 63.4 Å². The molecule has 2 heterocycles. The van der Waals surface area contributed by atoms with Crippen LogP contribution in [0.3, 0.4) is 0 Å². The van der Waals surface area contributed by atoms with Crippen LogP contribution in [-0.2, 0) is 17.9 Å². The number of rotatable bonds is 8. The number of aromatic nitrogens is 3. The fourth-order valence-corrected chi connectivity index (χ4v) is 4.38. The molecule has 2 aromatic rings. The highest BCUT2D eigenvalue weighted by molar-refractivity contribution is 7.99. The Balaban J connectivity index is 1.28. The summed E-state index contributed by atoms with van der Waals surface area (Å²) < 4.78 is 2.14. The average molecular weight is 386 g/mol. The summed E-state index contributed by atoms with van der Waals surface area (Å²) >= 11 is 1.46. The maximum absolute atomic E-state index is 12.3. The first-order chi connectivity index (χ1) is 13.2. The van der Waals surface area contributed by atoms with Crippen molar-refractivity contribution in [3.8, 4) is 0 Å². The predicted molar refractivity (Wildman–Crippen MR) is 108 cm³/mol. The van der Waals surface area contributed by atoms with Gasteiger partial charge in [-0.2, -0.15) is 0 Å². The molecule has 1 aliphatic carbocycles. The minimum absolute atomic E-state index is 0.00841. The van der Waals surface area contributed by atoms with Crippen LogP contribution in [-0.4, -0.2) is 44.4 Å². The maximum Gasteiger partial charge on any atom is 0.234 e. The molecule has 1 aromatic carbocycles. The van der Waals surface area contributed by atoms with Gasteiger partial charge < -0.3 is 9.88 Å². The Kier molecular flexibility index (Phi) is 5.78. The van der Waals surface area contributed by atoms with E-state index in [1.807, 2.05) is 12.1 Å². The number of likely N-dealkylation sites (tertiary alicyclic amines) is 1. The van der Waals surface area contributed by atoms with E-state index < -0.39 is 0 Å². The molecule has 4 rings (SSSR count). The first-order valence-electron chi connectivity index (χ1n) is 9.90. The zero-order chi connectivity index (χ0) is 18.6. The Labute approximate surface area is 164 Å². The molecular weight excluding hydrogens is 358 g/mol. The molecule has 0 unspecified atom stereocenters. The molecule has 0 spiro atoms. The van der Waals surface area contributed by atoms with Gasteiger partial charge in [-0.15, -0.1) is 10.2 Å². The second kappa shape index (κ2) is 8.44. The lowest BCUT2D eigenvalue weighted by Gasteiger charge is -2.14. The van der Waals surface area contributed by atoms with E-state index in [0.717, 1.165) is 29.8 Å². The van der Waals surface area contributed by atoms with Gasteiger partial charge in [-0.3, -0.25) is 9.69 Å². The van der Waals surface area contributed by atoms with Gasteiger partial charge >= 0.3 is 0 Å². The second-order valence-corrected chi connectivity index (χ2v) is 8.32. The molecular formula is C20H27N5OS. The van der Waals surface area contributed by atoms with Gasteiger partial charge in [0.1, 0.15) is 5.82 Å². The van der Waals surface area contributed by atoms with E-state index in [0.29, 0.717) is 11.7 Å². The molecule has 2 fully saturated rings. The molecule has 27 heavy (non-hydrogen) atoms. The largest absolute Gasteiger partial charge is 0.325 e. The van der Waals surface area contributed by atoms with Crippen LogP contribution in [0.15, 0.2) is 29.4 Å². The zero-order valence-electron chi connectivity index (χ0n) is 15.9. The summed E-state index contributed by atoms with van der Waals surface area (Å²) in [5, 5.41) is 12.4. The van der Waals surface area contributed by atoms with Crippen LogP contribution in [0.5, 0.6) is 0 Å². The SMILES string of the molecule is CCn1c(SCC(=O)Nc2ccc(CN3CCCC3)cc2)nnc1C1CC1. The molecule has 6 nitrogen and oxygen atoms in total. The summed E-state index contributed by atoms with van der Waals surface area (Å²) in [5.41, 5.74) is 2.15. The average Bonchev–Trinajstić information content (AvgIpc) is 3.23.